The first-order valence-corrected chi connectivity index (χ1v) is 9.14. The van der Waals surface area contributed by atoms with E-state index in [1.807, 2.05) is 6.07 Å². The Hall–Kier alpha value is -3.00. The summed E-state index contributed by atoms with van der Waals surface area (Å²) in [5.41, 5.74) is 1.07. The summed E-state index contributed by atoms with van der Waals surface area (Å²) in [6, 6.07) is 13.5. The van der Waals surface area contributed by atoms with E-state index < -0.39 is 12.2 Å². The van der Waals surface area contributed by atoms with Gasteiger partial charge in [0.25, 0.3) is 0 Å². The van der Waals surface area contributed by atoms with Gasteiger partial charge in [-0.2, -0.15) is 8.78 Å². The smallest absolute Gasteiger partial charge is 0.387 e. The maximum Gasteiger partial charge on any atom is 0.387 e. The van der Waals surface area contributed by atoms with Crippen molar-refractivity contribution in [2.75, 3.05) is 23.8 Å². The third kappa shape index (κ3) is 4.54. The van der Waals surface area contributed by atoms with Gasteiger partial charge in [-0.15, -0.1) is 0 Å². The van der Waals surface area contributed by atoms with E-state index in [9.17, 15) is 18.4 Å². The Morgan fingerprint density at radius 1 is 1.17 bits per heavy atom. The minimum atomic E-state index is -2.87. The molecule has 8 heteroatoms. The van der Waals surface area contributed by atoms with Gasteiger partial charge in [0.2, 0.25) is 11.8 Å². The molecule has 1 aliphatic rings. The number of hydrogen-bond acceptors (Lipinski definition) is 4. The van der Waals surface area contributed by atoms with Gasteiger partial charge in [0.15, 0.2) is 0 Å². The molecule has 2 aromatic rings. The Morgan fingerprint density at radius 3 is 2.48 bits per heavy atom. The van der Waals surface area contributed by atoms with Gasteiger partial charge in [0, 0.05) is 6.54 Å². The average Bonchev–Trinajstić information content (AvgIpc) is 2.63. The zero-order valence-electron chi connectivity index (χ0n) is 16.5. The Morgan fingerprint density at radius 2 is 1.83 bits per heavy atom. The van der Waals surface area contributed by atoms with E-state index in [1.165, 1.54) is 17.0 Å². The maximum atomic E-state index is 13.1. The van der Waals surface area contributed by atoms with E-state index in [0.29, 0.717) is 17.9 Å². The minimum absolute atomic E-state index is 0.0835. The molecule has 2 amide bonds. The number of nitrogens with one attached hydrogen (secondary N) is 1. The van der Waals surface area contributed by atoms with E-state index in [-0.39, 0.29) is 24.1 Å². The van der Waals surface area contributed by atoms with Gasteiger partial charge in [0.05, 0.1) is 17.9 Å². The number of halogens is 2. The highest BCUT2D eigenvalue weighted by Crippen LogP contribution is 2.36. The fourth-order valence-corrected chi connectivity index (χ4v) is 3.34. The van der Waals surface area contributed by atoms with Gasteiger partial charge in [-0.3, -0.25) is 19.4 Å². The standard InChI is InChI=1S/C21H23F2N3O3/c1-21(2)19(28)24-16-6-4-5-7-17(16)26(21)18(27)13-25(3)12-14-8-10-15(11-9-14)29-20(22)23/h4-11,20H,12-13H2,1-3H3,(H,24,28). The molecule has 0 aliphatic carbocycles. The van der Waals surface area contributed by atoms with Crippen LogP contribution in [0.2, 0.25) is 0 Å². The van der Waals surface area contributed by atoms with Crippen LogP contribution in [0.4, 0.5) is 20.2 Å². The summed E-state index contributed by atoms with van der Waals surface area (Å²) >= 11 is 0. The van der Waals surface area contributed by atoms with Gasteiger partial charge in [-0.05, 0) is 50.7 Å². The molecule has 0 saturated carbocycles. The van der Waals surface area contributed by atoms with Crippen molar-refractivity contribution < 1.29 is 23.1 Å². The third-order valence-corrected chi connectivity index (χ3v) is 4.76. The summed E-state index contributed by atoms with van der Waals surface area (Å²) in [6.07, 6.45) is 0. The van der Waals surface area contributed by atoms with E-state index in [0.717, 1.165) is 5.56 Å². The number of likely N-dealkylation sites (N-methyl/N-ethyl adjacent to an activating group) is 1. The SMILES string of the molecule is CN(CC(=O)N1c2ccccc2NC(=O)C1(C)C)Cc1ccc(OC(F)F)cc1. The molecule has 1 aliphatic heterocycles. The number of nitrogens with zero attached hydrogens (tertiary/aromatic N) is 2. The van der Waals surface area contributed by atoms with Crippen LogP contribution in [0.1, 0.15) is 19.4 Å². The number of carbonyl (C=O) groups excluding carboxylic acids is 2. The van der Waals surface area contributed by atoms with Crippen LogP contribution in [0.3, 0.4) is 0 Å². The molecule has 2 aromatic carbocycles. The predicted molar refractivity (Wildman–Crippen MR) is 106 cm³/mol. The zero-order chi connectivity index (χ0) is 21.2. The monoisotopic (exact) mass is 403 g/mol. The summed E-state index contributed by atoms with van der Waals surface area (Å²) in [4.78, 5) is 28.9. The fourth-order valence-electron chi connectivity index (χ4n) is 3.34. The molecular weight excluding hydrogens is 380 g/mol. The first kappa shape index (κ1) is 20.7. The van der Waals surface area contributed by atoms with Crippen molar-refractivity contribution in [1.29, 1.82) is 0 Å². The van der Waals surface area contributed by atoms with E-state index >= 15 is 0 Å². The molecule has 1 heterocycles. The number of para-hydroxylation sites is 2. The molecule has 6 nitrogen and oxygen atoms in total. The van der Waals surface area contributed by atoms with Crippen molar-refractivity contribution in [3.63, 3.8) is 0 Å². The highest BCUT2D eigenvalue weighted by atomic mass is 19.3. The van der Waals surface area contributed by atoms with Gasteiger partial charge in [0.1, 0.15) is 11.3 Å². The van der Waals surface area contributed by atoms with E-state index in [1.54, 1.807) is 56.1 Å². The summed E-state index contributed by atoms with van der Waals surface area (Å²) in [6.45, 7) is 1.06. The van der Waals surface area contributed by atoms with Gasteiger partial charge < -0.3 is 10.1 Å². The molecule has 0 bridgehead atoms. The second kappa shape index (κ2) is 8.16. The van der Waals surface area contributed by atoms with Gasteiger partial charge >= 0.3 is 6.61 Å². The first-order valence-electron chi connectivity index (χ1n) is 9.14. The highest BCUT2D eigenvalue weighted by molar-refractivity contribution is 6.14. The number of carbonyl (C=O) groups is 2. The minimum Gasteiger partial charge on any atom is -0.435 e. The third-order valence-electron chi connectivity index (χ3n) is 4.76. The lowest BCUT2D eigenvalue weighted by Crippen LogP contribution is -2.60. The van der Waals surface area contributed by atoms with Gasteiger partial charge in [-0.1, -0.05) is 24.3 Å². The molecule has 0 saturated heterocycles. The number of amides is 2. The number of fused-ring (bicyclic) bond motifs is 1. The topological polar surface area (TPSA) is 61.9 Å². The normalized spacial score (nSPS) is 15.3. The van der Waals surface area contributed by atoms with E-state index in [4.69, 9.17) is 0 Å². The van der Waals surface area contributed by atoms with Crippen LogP contribution in [-0.4, -0.2) is 42.5 Å². The van der Waals surface area contributed by atoms with Crippen LogP contribution in [0.15, 0.2) is 48.5 Å². The fraction of sp³-hybridized carbons (Fsp3) is 0.333. The van der Waals surface area contributed by atoms with E-state index in [2.05, 4.69) is 10.1 Å². The molecule has 29 heavy (non-hydrogen) atoms. The molecule has 0 fully saturated rings. The molecule has 0 unspecified atom stereocenters. The van der Waals surface area contributed by atoms with Crippen molar-refractivity contribution in [2.45, 2.75) is 32.5 Å². The lowest BCUT2D eigenvalue weighted by Gasteiger charge is -2.42. The predicted octanol–water partition coefficient (Wildman–Crippen LogP) is 3.48. The van der Waals surface area contributed by atoms with Crippen LogP contribution in [0, 0.1) is 0 Å². The average molecular weight is 403 g/mol. The number of anilines is 2. The summed E-state index contributed by atoms with van der Waals surface area (Å²) in [5, 5.41) is 2.84. The number of ether oxygens (including phenoxy) is 1. The Balaban J connectivity index is 1.71. The lowest BCUT2D eigenvalue weighted by atomic mass is 9.96. The van der Waals surface area contributed by atoms with Crippen LogP contribution in [0.5, 0.6) is 5.75 Å². The molecule has 0 spiro atoms. The molecule has 0 radical (unpaired) electrons. The van der Waals surface area contributed by atoms with Crippen molar-refractivity contribution in [2.24, 2.45) is 0 Å². The molecular formula is C21H23F2N3O3. The largest absolute Gasteiger partial charge is 0.435 e. The second-order valence-electron chi connectivity index (χ2n) is 7.45. The van der Waals surface area contributed by atoms with Crippen molar-refractivity contribution in [3.05, 3.63) is 54.1 Å². The number of alkyl halides is 2. The molecule has 0 aromatic heterocycles. The Bertz CT molecular complexity index is 900. The van der Waals surface area contributed by atoms with Gasteiger partial charge in [-0.25, -0.2) is 0 Å². The molecule has 3 rings (SSSR count). The van der Waals surface area contributed by atoms with Crippen LogP contribution >= 0.6 is 0 Å². The second-order valence-corrected chi connectivity index (χ2v) is 7.45. The van der Waals surface area contributed by atoms with Crippen molar-refractivity contribution >= 4 is 23.2 Å². The van der Waals surface area contributed by atoms with Crippen molar-refractivity contribution in [1.82, 2.24) is 4.90 Å². The molecule has 1 N–H and O–H groups in total. The zero-order valence-corrected chi connectivity index (χ0v) is 16.5. The summed E-state index contributed by atoms with van der Waals surface area (Å²) < 4.78 is 28.8. The Labute approximate surface area is 168 Å². The van der Waals surface area contributed by atoms with Crippen LogP contribution in [-0.2, 0) is 16.1 Å². The Kier molecular flexibility index (Phi) is 5.83. The van der Waals surface area contributed by atoms with Crippen molar-refractivity contribution in [3.8, 4) is 5.75 Å². The van der Waals surface area contributed by atoms with Crippen LogP contribution < -0.4 is 15.0 Å². The number of hydrogen-bond donors (Lipinski definition) is 1. The highest BCUT2D eigenvalue weighted by Gasteiger charge is 2.43. The molecule has 154 valence electrons. The summed E-state index contributed by atoms with van der Waals surface area (Å²) in [7, 11) is 1.78. The molecule has 0 atom stereocenters. The summed E-state index contributed by atoms with van der Waals surface area (Å²) in [5.74, 6) is -0.376. The van der Waals surface area contributed by atoms with Crippen LogP contribution in [0.25, 0.3) is 0 Å². The number of rotatable bonds is 6. The first-order chi connectivity index (χ1) is 13.7. The maximum absolute atomic E-state index is 13.1. The number of benzene rings is 2. The quantitative estimate of drug-likeness (QED) is 0.802. The lowest BCUT2D eigenvalue weighted by molar-refractivity contribution is -0.127.